The van der Waals surface area contributed by atoms with E-state index in [2.05, 4.69) is 38.2 Å². The van der Waals surface area contributed by atoms with Gasteiger partial charge in [-0.2, -0.15) is 0 Å². The Hall–Kier alpha value is -1.33. The summed E-state index contributed by atoms with van der Waals surface area (Å²) in [5, 5.41) is 40.2. The number of aliphatic hydroxyl groups excluding tert-OH is 4. The third-order valence-corrected chi connectivity index (χ3v) is 12.4. The maximum absolute atomic E-state index is 12.8. The molecule has 1 aliphatic heterocycles. The summed E-state index contributed by atoms with van der Waals surface area (Å²) in [6, 6.07) is 0. The van der Waals surface area contributed by atoms with E-state index in [9.17, 15) is 25.2 Å². The lowest BCUT2D eigenvalue weighted by atomic mass is 9.99. The number of carbonyl (C=O) groups is 1. The summed E-state index contributed by atoms with van der Waals surface area (Å²) in [6.07, 6.45) is 46.4. The first kappa shape index (κ1) is 58.7. The average Bonchev–Trinajstić information content (AvgIpc) is 3.27. The van der Waals surface area contributed by atoms with Crippen LogP contribution in [-0.2, 0) is 23.7 Å². The molecular weight excluding hydrogens is 781 g/mol. The number of aliphatic hydroxyl groups is 4. The topological polar surface area (TPSA) is 135 Å². The lowest BCUT2D eigenvalue weighted by Crippen LogP contribution is -2.59. The minimum atomic E-state index is -1.54. The Morgan fingerprint density at radius 2 is 0.935 bits per heavy atom. The summed E-state index contributed by atoms with van der Waals surface area (Å²) in [7, 11) is 0. The van der Waals surface area contributed by atoms with Gasteiger partial charge in [-0.3, -0.25) is 4.79 Å². The van der Waals surface area contributed by atoms with E-state index in [1.54, 1.807) is 0 Å². The monoisotopic (exact) mass is 881 g/mol. The van der Waals surface area contributed by atoms with Crippen LogP contribution in [0.1, 0.15) is 245 Å². The van der Waals surface area contributed by atoms with Crippen LogP contribution in [0.25, 0.3) is 0 Å². The number of hydrogen-bond acceptors (Lipinski definition) is 9. The molecule has 0 aromatic heterocycles. The number of allylic oxidation sites excluding steroid dienone is 4. The molecule has 1 aliphatic rings. The van der Waals surface area contributed by atoms with Crippen LogP contribution in [0.3, 0.4) is 0 Å². The second-order valence-electron chi connectivity index (χ2n) is 18.3. The van der Waals surface area contributed by atoms with Crippen molar-refractivity contribution in [3.63, 3.8) is 0 Å². The average molecular weight is 881 g/mol. The number of carbonyl (C=O) groups excluding carboxylic acids is 1. The van der Waals surface area contributed by atoms with Gasteiger partial charge in [-0.05, 0) is 44.9 Å². The highest BCUT2D eigenvalue weighted by atomic mass is 16.7. The van der Waals surface area contributed by atoms with Gasteiger partial charge in [0.2, 0.25) is 0 Å². The van der Waals surface area contributed by atoms with Gasteiger partial charge in [-0.25, -0.2) is 0 Å². The molecule has 9 heteroatoms. The number of esters is 1. The minimum Gasteiger partial charge on any atom is -0.457 e. The summed E-state index contributed by atoms with van der Waals surface area (Å²) in [5.74, 6) is -0.312. The van der Waals surface area contributed by atoms with Crippen molar-refractivity contribution in [1.82, 2.24) is 0 Å². The Kier molecular flexibility index (Phi) is 42.5. The van der Waals surface area contributed by atoms with Crippen molar-refractivity contribution in [2.24, 2.45) is 0 Å². The molecule has 1 rings (SSSR count). The lowest BCUT2D eigenvalue weighted by molar-refractivity contribution is -0.305. The minimum absolute atomic E-state index is 0.114. The predicted octanol–water partition coefficient (Wildman–Crippen LogP) is 12.9. The molecule has 1 saturated heterocycles. The molecule has 0 bridgehead atoms. The van der Waals surface area contributed by atoms with Crippen molar-refractivity contribution in [3.05, 3.63) is 24.3 Å². The molecule has 0 spiro atoms. The van der Waals surface area contributed by atoms with Gasteiger partial charge in [-0.15, -0.1) is 0 Å². The number of rotatable bonds is 46. The summed E-state index contributed by atoms with van der Waals surface area (Å²) in [4.78, 5) is 12.8. The molecule has 62 heavy (non-hydrogen) atoms. The molecule has 6 unspecified atom stereocenters. The molecule has 9 nitrogen and oxygen atoms in total. The van der Waals surface area contributed by atoms with Crippen LogP contribution in [0.15, 0.2) is 24.3 Å². The molecule has 1 fully saturated rings. The van der Waals surface area contributed by atoms with E-state index >= 15 is 0 Å². The highest BCUT2D eigenvalue weighted by Gasteiger charge is 2.44. The first-order valence-corrected chi connectivity index (χ1v) is 26.4. The largest absolute Gasteiger partial charge is 0.457 e. The van der Waals surface area contributed by atoms with E-state index in [1.165, 1.54) is 173 Å². The molecule has 0 radical (unpaired) electrons. The van der Waals surface area contributed by atoms with E-state index in [0.29, 0.717) is 13.0 Å². The van der Waals surface area contributed by atoms with Crippen LogP contribution in [-0.4, -0.2) is 89.6 Å². The van der Waals surface area contributed by atoms with E-state index in [0.717, 1.165) is 51.4 Å². The Morgan fingerprint density at radius 1 is 0.516 bits per heavy atom. The van der Waals surface area contributed by atoms with Gasteiger partial charge in [0.1, 0.15) is 30.5 Å². The fourth-order valence-electron chi connectivity index (χ4n) is 8.23. The molecule has 4 N–H and O–H groups in total. The van der Waals surface area contributed by atoms with E-state index < -0.39 is 43.4 Å². The third-order valence-electron chi connectivity index (χ3n) is 12.4. The van der Waals surface area contributed by atoms with Crippen molar-refractivity contribution >= 4 is 5.97 Å². The summed E-state index contributed by atoms with van der Waals surface area (Å²) >= 11 is 0. The van der Waals surface area contributed by atoms with Crippen molar-refractivity contribution in [3.8, 4) is 0 Å². The van der Waals surface area contributed by atoms with Crippen molar-refractivity contribution in [1.29, 1.82) is 0 Å². The first-order chi connectivity index (χ1) is 30.4. The Morgan fingerprint density at radius 3 is 1.42 bits per heavy atom. The van der Waals surface area contributed by atoms with Crippen LogP contribution in [0.5, 0.6) is 0 Å². The van der Waals surface area contributed by atoms with Crippen molar-refractivity contribution < 1.29 is 44.2 Å². The van der Waals surface area contributed by atoms with Gasteiger partial charge >= 0.3 is 5.97 Å². The fourth-order valence-corrected chi connectivity index (χ4v) is 8.23. The molecule has 366 valence electrons. The smallest absolute Gasteiger partial charge is 0.306 e. The molecule has 0 saturated carbocycles. The maximum atomic E-state index is 12.8. The fraction of sp³-hybridized carbons (Fsp3) is 0.906. The van der Waals surface area contributed by atoms with Gasteiger partial charge in [0, 0.05) is 13.0 Å². The maximum Gasteiger partial charge on any atom is 0.306 e. The zero-order valence-electron chi connectivity index (χ0n) is 40.4. The van der Waals surface area contributed by atoms with Crippen LogP contribution in [0, 0.1) is 0 Å². The molecule has 6 atom stereocenters. The Balaban J connectivity index is 2.17. The SMILES string of the molecule is CCCCC/C=C\C/C=C\CCCCCCCCOCC(COC1OC(CO)C(O)C(O)C1O)OC(=O)CCCCCCCCCCCCCCCCCCCCCCCCC. The zero-order chi connectivity index (χ0) is 45.0. The summed E-state index contributed by atoms with van der Waals surface area (Å²) in [5.41, 5.74) is 0. The molecule has 1 heterocycles. The van der Waals surface area contributed by atoms with Crippen molar-refractivity contribution in [2.45, 2.75) is 282 Å². The third kappa shape index (κ3) is 35.0. The normalized spacial score (nSPS) is 19.9. The quantitative estimate of drug-likeness (QED) is 0.0268. The zero-order valence-corrected chi connectivity index (χ0v) is 40.4. The highest BCUT2D eigenvalue weighted by molar-refractivity contribution is 5.69. The van der Waals surface area contributed by atoms with E-state index in [4.69, 9.17) is 18.9 Å². The molecule has 0 aromatic carbocycles. The van der Waals surface area contributed by atoms with Crippen molar-refractivity contribution in [2.75, 3.05) is 26.4 Å². The van der Waals surface area contributed by atoms with E-state index in [1.807, 2.05) is 0 Å². The van der Waals surface area contributed by atoms with Gasteiger partial charge in [-0.1, -0.05) is 218 Å². The first-order valence-electron chi connectivity index (χ1n) is 26.4. The second kappa shape index (κ2) is 44.9. The van der Waals surface area contributed by atoms with Gasteiger partial charge in [0.25, 0.3) is 0 Å². The molecule has 0 aliphatic carbocycles. The Labute approximate surface area is 381 Å². The lowest BCUT2D eigenvalue weighted by Gasteiger charge is -2.39. The van der Waals surface area contributed by atoms with Gasteiger partial charge in [0.05, 0.1) is 19.8 Å². The molecule has 0 aromatic rings. The van der Waals surface area contributed by atoms with Crippen LogP contribution >= 0.6 is 0 Å². The number of ether oxygens (including phenoxy) is 4. The predicted molar refractivity (Wildman–Crippen MR) is 256 cm³/mol. The molecule has 0 amide bonds. The van der Waals surface area contributed by atoms with Gasteiger partial charge in [0.15, 0.2) is 6.29 Å². The summed E-state index contributed by atoms with van der Waals surface area (Å²) < 4.78 is 22.9. The highest BCUT2D eigenvalue weighted by Crippen LogP contribution is 2.23. The standard InChI is InChI=1S/C53H100O9/c1-3-5-7-9-11-13-15-17-19-21-22-23-24-25-26-27-28-30-32-34-36-38-40-42-49(55)61-47(46-60-53-52(58)51(57)50(56)48(44-54)62-53)45-59-43-41-39-37-35-33-31-29-20-18-16-14-12-10-8-6-4-2/h12,14,18,20,47-48,50-54,56-58H,3-11,13,15-17,19,21-46H2,1-2H3/b14-12-,20-18-. The van der Waals surface area contributed by atoms with Crippen LogP contribution in [0.4, 0.5) is 0 Å². The van der Waals surface area contributed by atoms with E-state index in [-0.39, 0.29) is 19.2 Å². The second-order valence-corrected chi connectivity index (χ2v) is 18.3. The van der Waals surface area contributed by atoms with Crippen LogP contribution in [0.2, 0.25) is 0 Å². The van der Waals surface area contributed by atoms with Gasteiger partial charge < -0.3 is 39.4 Å². The van der Waals surface area contributed by atoms with Crippen LogP contribution < -0.4 is 0 Å². The number of unbranched alkanes of at least 4 members (excludes halogenated alkanes) is 31. The molecular formula is C53H100O9. The number of hydrogen-bond donors (Lipinski definition) is 4. The Bertz CT molecular complexity index is 1000. The summed E-state index contributed by atoms with van der Waals surface area (Å²) in [6.45, 7) is 4.56.